The van der Waals surface area contributed by atoms with Gasteiger partial charge >= 0.3 is 6.09 Å². The van der Waals surface area contributed by atoms with E-state index < -0.39 is 10.5 Å². The van der Waals surface area contributed by atoms with Crippen LogP contribution in [0.2, 0.25) is 0 Å². The van der Waals surface area contributed by atoms with Crippen LogP contribution in [0.15, 0.2) is 24.8 Å². The minimum Gasteiger partial charge on any atom is -0.492 e. The molecule has 2 rings (SSSR count). The number of nitro groups is 1. The number of amides is 1. The van der Waals surface area contributed by atoms with Crippen molar-refractivity contribution in [2.75, 3.05) is 32.8 Å². The van der Waals surface area contributed by atoms with Crippen LogP contribution in [0.4, 0.5) is 10.5 Å². The molecule has 28 heavy (non-hydrogen) atoms. The highest BCUT2D eigenvalue weighted by Gasteiger charge is 2.30. The zero-order valence-electron chi connectivity index (χ0n) is 17.0. The lowest BCUT2D eigenvalue weighted by Crippen LogP contribution is -2.55. The van der Waals surface area contributed by atoms with E-state index in [0.717, 1.165) is 13.1 Å². The first-order valence-electron chi connectivity index (χ1n) is 9.36. The third kappa shape index (κ3) is 5.95. The molecule has 1 heterocycles. The van der Waals surface area contributed by atoms with Crippen molar-refractivity contribution in [3.05, 3.63) is 40.5 Å². The second-order valence-electron chi connectivity index (χ2n) is 7.86. The lowest BCUT2D eigenvalue weighted by atomic mass is 10.2. The van der Waals surface area contributed by atoms with E-state index in [1.54, 1.807) is 17.0 Å². The van der Waals surface area contributed by atoms with Crippen molar-refractivity contribution in [3.8, 4) is 5.75 Å². The summed E-state index contributed by atoms with van der Waals surface area (Å²) >= 11 is 0. The predicted molar refractivity (Wildman–Crippen MR) is 108 cm³/mol. The minimum atomic E-state index is -0.505. The second kappa shape index (κ2) is 9.05. The van der Waals surface area contributed by atoms with Gasteiger partial charge in [0.05, 0.1) is 4.92 Å². The van der Waals surface area contributed by atoms with E-state index in [-0.39, 0.29) is 17.8 Å². The van der Waals surface area contributed by atoms with E-state index in [9.17, 15) is 14.9 Å². The number of benzene rings is 1. The van der Waals surface area contributed by atoms with Crippen molar-refractivity contribution in [2.24, 2.45) is 0 Å². The smallest absolute Gasteiger partial charge is 0.410 e. The average Bonchev–Trinajstić information content (AvgIpc) is 2.60. The van der Waals surface area contributed by atoms with Gasteiger partial charge in [-0.3, -0.25) is 15.0 Å². The van der Waals surface area contributed by atoms with Gasteiger partial charge in [0.1, 0.15) is 18.0 Å². The van der Waals surface area contributed by atoms with Crippen LogP contribution < -0.4 is 4.74 Å². The summed E-state index contributed by atoms with van der Waals surface area (Å²) in [6, 6.07) is 4.51. The highest BCUT2D eigenvalue weighted by Crippen LogP contribution is 2.25. The molecular weight excluding hydrogens is 362 g/mol. The Morgan fingerprint density at radius 3 is 2.68 bits per heavy atom. The van der Waals surface area contributed by atoms with E-state index in [1.807, 2.05) is 27.7 Å². The molecule has 0 bridgehead atoms. The SMILES string of the molecule is C=Cc1cc([N+](=O)[O-])ccc1OCCN1CCN(C(=O)OC(C)(C)C)C(C)C1. The molecule has 8 nitrogen and oxygen atoms in total. The molecule has 8 heteroatoms. The number of rotatable bonds is 6. The molecule has 1 unspecified atom stereocenters. The number of carbonyl (C=O) groups excluding carboxylic acids is 1. The number of nitro benzene ring substituents is 1. The third-order valence-electron chi connectivity index (χ3n) is 4.43. The zero-order valence-corrected chi connectivity index (χ0v) is 17.0. The van der Waals surface area contributed by atoms with Crippen LogP contribution in [0.25, 0.3) is 6.08 Å². The molecule has 1 amide bonds. The van der Waals surface area contributed by atoms with E-state index in [4.69, 9.17) is 9.47 Å². The summed E-state index contributed by atoms with van der Waals surface area (Å²) < 4.78 is 11.3. The Hall–Kier alpha value is -2.61. The topological polar surface area (TPSA) is 85.2 Å². The standard InChI is InChI=1S/C20H29N3O5/c1-6-16-13-17(23(25)26)7-8-18(16)27-12-11-21-9-10-22(15(2)14-21)19(24)28-20(3,4)5/h6-8,13,15H,1,9-12,14H2,2-5H3. The van der Waals surface area contributed by atoms with Gasteiger partial charge in [0.2, 0.25) is 0 Å². The molecule has 1 aliphatic rings. The maximum atomic E-state index is 12.3. The number of nitrogens with zero attached hydrogens (tertiary/aromatic N) is 3. The molecule has 0 N–H and O–H groups in total. The zero-order chi connectivity index (χ0) is 20.9. The lowest BCUT2D eigenvalue weighted by molar-refractivity contribution is -0.384. The van der Waals surface area contributed by atoms with Gasteiger partial charge in [0, 0.05) is 49.9 Å². The predicted octanol–water partition coefficient (Wildman–Crippen LogP) is 3.56. The Labute approximate surface area is 165 Å². The number of non-ortho nitro benzene ring substituents is 1. The molecule has 0 spiro atoms. The summed E-state index contributed by atoms with van der Waals surface area (Å²) in [5.41, 5.74) is 0.0988. The molecule has 1 atom stereocenters. The maximum Gasteiger partial charge on any atom is 0.410 e. The van der Waals surface area contributed by atoms with Crippen LogP contribution in [-0.2, 0) is 4.74 Å². The van der Waals surface area contributed by atoms with Gasteiger partial charge in [-0.05, 0) is 33.8 Å². The Kier molecular flexibility index (Phi) is 7.01. The minimum absolute atomic E-state index is 0.00865. The monoisotopic (exact) mass is 391 g/mol. The van der Waals surface area contributed by atoms with E-state index in [1.165, 1.54) is 12.1 Å². The first-order valence-corrected chi connectivity index (χ1v) is 9.36. The summed E-state index contributed by atoms with van der Waals surface area (Å²) in [5, 5.41) is 10.9. The molecule has 0 saturated carbocycles. The number of hydrogen-bond donors (Lipinski definition) is 0. The van der Waals surface area contributed by atoms with Crippen LogP contribution in [0.5, 0.6) is 5.75 Å². The van der Waals surface area contributed by atoms with Crippen LogP contribution in [0.3, 0.4) is 0 Å². The van der Waals surface area contributed by atoms with Crippen molar-refractivity contribution >= 4 is 17.9 Å². The molecule has 1 aromatic carbocycles. The van der Waals surface area contributed by atoms with E-state index in [0.29, 0.717) is 31.0 Å². The fraction of sp³-hybridized carbons (Fsp3) is 0.550. The van der Waals surface area contributed by atoms with Gasteiger partial charge in [0.15, 0.2) is 0 Å². The highest BCUT2D eigenvalue weighted by molar-refractivity contribution is 5.68. The van der Waals surface area contributed by atoms with Crippen molar-refractivity contribution in [1.29, 1.82) is 0 Å². The molecule has 1 fully saturated rings. The fourth-order valence-corrected chi connectivity index (χ4v) is 3.05. The largest absolute Gasteiger partial charge is 0.492 e. The quantitative estimate of drug-likeness (QED) is 0.544. The Bertz CT molecular complexity index is 729. The fourth-order valence-electron chi connectivity index (χ4n) is 3.05. The number of carbonyl (C=O) groups is 1. The number of ether oxygens (including phenoxy) is 2. The summed E-state index contributed by atoms with van der Waals surface area (Å²) in [4.78, 5) is 26.7. The van der Waals surface area contributed by atoms with Gasteiger partial charge in [-0.25, -0.2) is 4.79 Å². The Morgan fingerprint density at radius 1 is 1.39 bits per heavy atom. The van der Waals surface area contributed by atoms with E-state index >= 15 is 0 Å². The maximum absolute atomic E-state index is 12.3. The molecule has 0 aromatic heterocycles. The molecule has 1 aromatic rings. The van der Waals surface area contributed by atoms with Crippen LogP contribution in [0.1, 0.15) is 33.3 Å². The molecular formula is C20H29N3O5. The lowest BCUT2D eigenvalue weighted by Gasteiger charge is -2.40. The van der Waals surface area contributed by atoms with Gasteiger partial charge in [-0.1, -0.05) is 12.7 Å². The summed E-state index contributed by atoms with van der Waals surface area (Å²) in [7, 11) is 0. The van der Waals surface area contributed by atoms with Crippen molar-refractivity contribution < 1.29 is 19.2 Å². The second-order valence-corrected chi connectivity index (χ2v) is 7.86. The summed E-state index contributed by atoms with van der Waals surface area (Å²) in [5.74, 6) is 0.570. The number of piperazine rings is 1. The molecule has 1 saturated heterocycles. The first-order chi connectivity index (χ1) is 13.1. The Balaban J connectivity index is 1.85. The molecule has 154 valence electrons. The first kappa shape index (κ1) is 21.7. The van der Waals surface area contributed by atoms with Crippen LogP contribution >= 0.6 is 0 Å². The van der Waals surface area contributed by atoms with Gasteiger partial charge in [-0.15, -0.1) is 0 Å². The van der Waals surface area contributed by atoms with Crippen molar-refractivity contribution in [2.45, 2.75) is 39.3 Å². The van der Waals surface area contributed by atoms with Crippen molar-refractivity contribution in [3.63, 3.8) is 0 Å². The van der Waals surface area contributed by atoms with Crippen LogP contribution in [-0.4, -0.2) is 65.2 Å². The molecule has 0 aliphatic carbocycles. The third-order valence-corrected chi connectivity index (χ3v) is 4.43. The normalized spacial score (nSPS) is 17.9. The Morgan fingerprint density at radius 2 is 2.11 bits per heavy atom. The van der Waals surface area contributed by atoms with Crippen molar-refractivity contribution in [1.82, 2.24) is 9.80 Å². The van der Waals surface area contributed by atoms with Gasteiger partial charge in [0.25, 0.3) is 5.69 Å². The van der Waals surface area contributed by atoms with Crippen LogP contribution in [0, 0.1) is 10.1 Å². The average molecular weight is 391 g/mol. The molecule has 1 aliphatic heterocycles. The highest BCUT2D eigenvalue weighted by atomic mass is 16.6. The van der Waals surface area contributed by atoms with E-state index in [2.05, 4.69) is 11.5 Å². The summed E-state index contributed by atoms with van der Waals surface area (Å²) in [6.07, 6.45) is 1.27. The number of hydrogen-bond acceptors (Lipinski definition) is 6. The van der Waals surface area contributed by atoms with Gasteiger partial charge < -0.3 is 14.4 Å². The summed E-state index contributed by atoms with van der Waals surface area (Å²) in [6.45, 7) is 14.5. The molecule has 0 radical (unpaired) electrons. The van der Waals surface area contributed by atoms with Gasteiger partial charge in [-0.2, -0.15) is 0 Å².